The number of anilines is 1. The molecule has 0 aliphatic carbocycles. The van der Waals surface area contributed by atoms with E-state index in [1.807, 2.05) is 41.2 Å². The Hall–Kier alpha value is -3.12. The van der Waals surface area contributed by atoms with Gasteiger partial charge >= 0.3 is 0 Å². The lowest BCUT2D eigenvalue weighted by atomic mass is 9.96. The minimum Gasteiger partial charge on any atom is -0.338 e. The quantitative estimate of drug-likeness (QED) is 0.673. The number of carbonyl (C=O) groups is 2. The highest BCUT2D eigenvalue weighted by Gasteiger charge is 2.29. The molecule has 30 heavy (non-hydrogen) atoms. The number of amides is 2. The van der Waals surface area contributed by atoms with Gasteiger partial charge in [0.1, 0.15) is 0 Å². The van der Waals surface area contributed by atoms with Gasteiger partial charge < -0.3 is 10.2 Å². The normalized spacial score (nSPS) is 16.3. The molecule has 1 atom stereocenters. The second-order valence-electron chi connectivity index (χ2n) is 7.49. The van der Waals surface area contributed by atoms with Crippen LogP contribution in [0.3, 0.4) is 0 Å². The van der Waals surface area contributed by atoms with Crippen LogP contribution in [-0.2, 0) is 11.3 Å². The van der Waals surface area contributed by atoms with Crippen molar-refractivity contribution in [1.29, 1.82) is 0 Å². The van der Waals surface area contributed by atoms with Crippen molar-refractivity contribution in [2.24, 2.45) is 5.92 Å². The zero-order chi connectivity index (χ0) is 20.9. The van der Waals surface area contributed by atoms with Crippen molar-refractivity contribution in [3.05, 3.63) is 83.1 Å². The third kappa shape index (κ3) is 4.89. The molecule has 0 bridgehead atoms. The highest BCUT2D eigenvalue weighted by Crippen LogP contribution is 2.22. The Morgan fingerprint density at radius 3 is 2.73 bits per heavy atom. The van der Waals surface area contributed by atoms with Crippen LogP contribution in [0.4, 0.5) is 5.69 Å². The lowest BCUT2D eigenvalue weighted by Crippen LogP contribution is -2.43. The van der Waals surface area contributed by atoms with Gasteiger partial charge in [0.2, 0.25) is 5.91 Å². The van der Waals surface area contributed by atoms with E-state index >= 15 is 0 Å². The van der Waals surface area contributed by atoms with Crippen molar-refractivity contribution in [1.82, 2.24) is 14.7 Å². The van der Waals surface area contributed by atoms with Gasteiger partial charge in [0, 0.05) is 41.8 Å². The summed E-state index contributed by atoms with van der Waals surface area (Å²) in [6, 6.07) is 16.5. The summed E-state index contributed by atoms with van der Waals surface area (Å²) < 4.78 is 1.84. The van der Waals surface area contributed by atoms with Gasteiger partial charge in [0.15, 0.2) is 0 Å². The number of halogens is 1. The van der Waals surface area contributed by atoms with Crippen molar-refractivity contribution in [3.8, 4) is 0 Å². The van der Waals surface area contributed by atoms with Crippen molar-refractivity contribution < 1.29 is 9.59 Å². The molecule has 1 aliphatic heterocycles. The molecule has 1 aliphatic rings. The lowest BCUT2D eigenvalue weighted by Gasteiger charge is -2.32. The fourth-order valence-electron chi connectivity index (χ4n) is 3.72. The molecule has 3 aromatic rings. The van der Waals surface area contributed by atoms with Gasteiger partial charge in [-0.05, 0) is 60.9 Å². The van der Waals surface area contributed by atoms with Crippen molar-refractivity contribution in [3.63, 3.8) is 0 Å². The predicted octanol–water partition coefficient (Wildman–Crippen LogP) is 4.08. The summed E-state index contributed by atoms with van der Waals surface area (Å²) in [5.41, 5.74) is 2.40. The minimum atomic E-state index is -0.232. The maximum Gasteiger partial charge on any atom is 0.253 e. The topological polar surface area (TPSA) is 67.2 Å². The maximum absolute atomic E-state index is 12.9. The number of nitrogens with one attached hydrogen (secondary N) is 1. The number of rotatable bonds is 5. The predicted molar refractivity (Wildman–Crippen MR) is 116 cm³/mol. The number of likely N-dealkylation sites (tertiary alicyclic amines) is 1. The number of hydrogen-bond acceptors (Lipinski definition) is 3. The third-order valence-electron chi connectivity index (χ3n) is 5.27. The monoisotopic (exact) mass is 422 g/mol. The Bertz CT molecular complexity index is 1020. The number of carbonyl (C=O) groups excluding carboxylic acids is 2. The van der Waals surface area contributed by atoms with Crippen LogP contribution < -0.4 is 5.32 Å². The highest BCUT2D eigenvalue weighted by molar-refractivity contribution is 6.30. The van der Waals surface area contributed by atoms with E-state index in [0.717, 1.165) is 24.1 Å². The van der Waals surface area contributed by atoms with E-state index in [-0.39, 0.29) is 17.7 Å². The minimum absolute atomic E-state index is 0.0557. The Morgan fingerprint density at radius 1 is 1.13 bits per heavy atom. The molecule has 6 nitrogen and oxygen atoms in total. The molecule has 0 saturated carbocycles. The molecule has 1 aromatic heterocycles. The summed E-state index contributed by atoms with van der Waals surface area (Å²) in [5.74, 6) is -0.352. The van der Waals surface area contributed by atoms with E-state index in [9.17, 15) is 9.59 Å². The molecule has 1 unspecified atom stereocenters. The molecule has 1 N–H and O–H groups in total. The van der Waals surface area contributed by atoms with Crippen LogP contribution in [0.25, 0.3) is 0 Å². The molecule has 2 heterocycles. The van der Waals surface area contributed by atoms with E-state index in [2.05, 4.69) is 10.4 Å². The Labute approximate surface area is 180 Å². The zero-order valence-electron chi connectivity index (χ0n) is 16.5. The van der Waals surface area contributed by atoms with Gasteiger partial charge in [0.05, 0.1) is 12.5 Å². The van der Waals surface area contributed by atoms with Crippen molar-refractivity contribution in [2.75, 3.05) is 18.4 Å². The Balaban J connectivity index is 1.38. The SMILES string of the molecule is O=C(Nc1cccc(Cn2cccn2)c1)C1CCCN(C(=O)c2ccc(Cl)cc2)C1. The first kappa shape index (κ1) is 20.2. The molecular formula is C23H23ClN4O2. The van der Waals surface area contributed by atoms with E-state index in [4.69, 9.17) is 11.6 Å². The van der Waals surface area contributed by atoms with Gasteiger partial charge in [-0.1, -0.05) is 23.7 Å². The highest BCUT2D eigenvalue weighted by atomic mass is 35.5. The first-order valence-corrected chi connectivity index (χ1v) is 10.4. The molecule has 1 saturated heterocycles. The molecule has 0 radical (unpaired) electrons. The molecule has 154 valence electrons. The number of hydrogen-bond donors (Lipinski definition) is 1. The fraction of sp³-hybridized carbons (Fsp3) is 0.261. The van der Waals surface area contributed by atoms with Crippen LogP contribution in [0.15, 0.2) is 67.0 Å². The van der Waals surface area contributed by atoms with Crippen LogP contribution in [0, 0.1) is 5.92 Å². The van der Waals surface area contributed by atoms with Gasteiger partial charge in [0.25, 0.3) is 5.91 Å². The summed E-state index contributed by atoms with van der Waals surface area (Å²) in [4.78, 5) is 27.4. The molecule has 2 aromatic carbocycles. The average Bonchev–Trinajstić information content (AvgIpc) is 3.27. The lowest BCUT2D eigenvalue weighted by molar-refractivity contribution is -0.121. The van der Waals surface area contributed by atoms with E-state index in [1.165, 1.54) is 0 Å². The first-order valence-electron chi connectivity index (χ1n) is 10.0. The largest absolute Gasteiger partial charge is 0.338 e. The van der Waals surface area contributed by atoms with Crippen LogP contribution in [0.2, 0.25) is 5.02 Å². The number of nitrogens with zero attached hydrogens (tertiary/aromatic N) is 3. The first-order chi connectivity index (χ1) is 14.6. The molecule has 1 fully saturated rings. The van der Waals surface area contributed by atoms with Crippen molar-refractivity contribution in [2.45, 2.75) is 19.4 Å². The van der Waals surface area contributed by atoms with Crippen LogP contribution in [-0.4, -0.2) is 39.6 Å². The molecular weight excluding hydrogens is 400 g/mol. The van der Waals surface area contributed by atoms with E-state index in [0.29, 0.717) is 30.2 Å². The van der Waals surface area contributed by atoms with Crippen LogP contribution in [0.5, 0.6) is 0 Å². The number of piperidine rings is 1. The molecule has 7 heteroatoms. The van der Waals surface area contributed by atoms with Gasteiger partial charge in [-0.2, -0.15) is 5.10 Å². The maximum atomic E-state index is 12.9. The van der Waals surface area contributed by atoms with Crippen LogP contribution >= 0.6 is 11.6 Å². The second kappa shape index (κ2) is 9.13. The Morgan fingerprint density at radius 2 is 1.97 bits per heavy atom. The third-order valence-corrected chi connectivity index (χ3v) is 5.52. The summed E-state index contributed by atoms with van der Waals surface area (Å²) >= 11 is 5.91. The average molecular weight is 423 g/mol. The van der Waals surface area contributed by atoms with Gasteiger partial charge in [-0.3, -0.25) is 14.3 Å². The molecule has 2 amide bonds. The number of aromatic nitrogens is 2. The zero-order valence-corrected chi connectivity index (χ0v) is 17.3. The fourth-order valence-corrected chi connectivity index (χ4v) is 3.85. The standard InChI is InChI=1S/C23H23ClN4O2/c24-20-9-7-18(8-10-20)23(30)27-12-2-5-19(16-27)22(29)26-21-6-1-4-17(14-21)15-28-13-3-11-25-28/h1,3-4,6-11,13-14,19H,2,5,12,15-16H2,(H,26,29). The second-order valence-corrected chi connectivity index (χ2v) is 7.93. The van der Waals surface area contributed by atoms with Gasteiger partial charge in [-0.15, -0.1) is 0 Å². The van der Waals surface area contributed by atoms with Gasteiger partial charge in [-0.25, -0.2) is 0 Å². The van der Waals surface area contributed by atoms with E-state index in [1.54, 1.807) is 35.4 Å². The van der Waals surface area contributed by atoms with Crippen molar-refractivity contribution >= 4 is 29.1 Å². The Kier molecular flexibility index (Phi) is 6.14. The molecule has 4 rings (SSSR count). The number of benzene rings is 2. The summed E-state index contributed by atoms with van der Waals surface area (Å²) in [6.07, 6.45) is 5.21. The van der Waals surface area contributed by atoms with Crippen LogP contribution in [0.1, 0.15) is 28.8 Å². The summed E-state index contributed by atoms with van der Waals surface area (Å²) in [7, 11) is 0. The summed E-state index contributed by atoms with van der Waals surface area (Å²) in [6.45, 7) is 1.72. The summed E-state index contributed by atoms with van der Waals surface area (Å²) in [5, 5.41) is 7.82. The smallest absolute Gasteiger partial charge is 0.253 e. The van der Waals surface area contributed by atoms with E-state index < -0.39 is 0 Å². The molecule has 0 spiro atoms.